The van der Waals surface area contributed by atoms with E-state index in [4.69, 9.17) is 21.1 Å². The molecule has 0 bridgehead atoms. The molecule has 2 fully saturated rings. The highest BCUT2D eigenvalue weighted by atomic mass is 35.5. The van der Waals surface area contributed by atoms with Crippen molar-refractivity contribution in [2.45, 2.75) is 39.0 Å². The maximum atomic E-state index is 5.92. The second-order valence-electron chi connectivity index (χ2n) is 7.53. The monoisotopic (exact) mass is 387 g/mol. The van der Waals surface area contributed by atoms with E-state index in [0.717, 1.165) is 31.2 Å². The lowest BCUT2D eigenvalue weighted by molar-refractivity contribution is 0.151. The van der Waals surface area contributed by atoms with Gasteiger partial charge in [-0.15, -0.1) is 0 Å². The SMILES string of the molecule is CCNC(=NCCc1nc(-c2ccc(Cl)cc2)no1)N1CCC2(CCC2)C1. The Bertz CT molecular complexity index is 797. The van der Waals surface area contributed by atoms with E-state index in [9.17, 15) is 0 Å². The second kappa shape index (κ2) is 7.89. The fourth-order valence-corrected chi connectivity index (χ4v) is 4.08. The quantitative estimate of drug-likeness (QED) is 0.624. The molecule has 2 aromatic rings. The Kier molecular flexibility index (Phi) is 5.34. The number of nitrogens with zero attached hydrogens (tertiary/aromatic N) is 4. The van der Waals surface area contributed by atoms with E-state index < -0.39 is 0 Å². The number of guanidine groups is 1. The second-order valence-corrected chi connectivity index (χ2v) is 7.97. The molecule has 0 unspecified atom stereocenters. The van der Waals surface area contributed by atoms with E-state index in [1.54, 1.807) is 0 Å². The third kappa shape index (κ3) is 4.10. The Balaban J connectivity index is 1.36. The van der Waals surface area contributed by atoms with Gasteiger partial charge in [0.1, 0.15) is 0 Å². The topological polar surface area (TPSA) is 66.5 Å². The number of benzene rings is 1. The highest BCUT2D eigenvalue weighted by molar-refractivity contribution is 6.30. The fourth-order valence-electron chi connectivity index (χ4n) is 3.96. The van der Waals surface area contributed by atoms with Crippen LogP contribution in [-0.4, -0.2) is 47.2 Å². The van der Waals surface area contributed by atoms with Gasteiger partial charge in [-0.2, -0.15) is 4.98 Å². The summed E-state index contributed by atoms with van der Waals surface area (Å²) < 4.78 is 5.38. The minimum atomic E-state index is 0.566. The zero-order valence-electron chi connectivity index (χ0n) is 15.7. The molecule has 0 radical (unpaired) electrons. The zero-order chi connectivity index (χ0) is 18.7. The van der Waals surface area contributed by atoms with Gasteiger partial charge in [-0.1, -0.05) is 23.2 Å². The van der Waals surface area contributed by atoms with E-state index in [2.05, 4.69) is 27.3 Å². The zero-order valence-corrected chi connectivity index (χ0v) is 16.5. The predicted molar refractivity (Wildman–Crippen MR) is 107 cm³/mol. The van der Waals surface area contributed by atoms with Crippen LogP contribution in [0.3, 0.4) is 0 Å². The van der Waals surface area contributed by atoms with Gasteiger partial charge in [0.25, 0.3) is 0 Å². The Hall–Kier alpha value is -2.08. The highest BCUT2D eigenvalue weighted by Crippen LogP contribution is 2.47. The predicted octanol–water partition coefficient (Wildman–Crippen LogP) is 3.77. The molecule has 1 spiro atoms. The summed E-state index contributed by atoms with van der Waals surface area (Å²) in [5.41, 5.74) is 1.46. The molecule has 1 saturated heterocycles. The number of nitrogens with one attached hydrogen (secondary N) is 1. The normalized spacial score (nSPS) is 18.7. The number of hydrogen-bond acceptors (Lipinski definition) is 4. The van der Waals surface area contributed by atoms with E-state index >= 15 is 0 Å². The van der Waals surface area contributed by atoms with Crippen LogP contribution in [0.25, 0.3) is 11.4 Å². The van der Waals surface area contributed by atoms with Gasteiger partial charge in [0.15, 0.2) is 5.96 Å². The Morgan fingerprint density at radius 2 is 2.11 bits per heavy atom. The largest absolute Gasteiger partial charge is 0.357 e. The molecule has 1 aliphatic carbocycles. The van der Waals surface area contributed by atoms with Crippen LogP contribution >= 0.6 is 11.6 Å². The highest BCUT2D eigenvalue weighted by Gasteiger charge is 2.43. The minimum Gasteiger partial charge on any atom is -0.357 e. The van der Waals surface area contributed by atoms with E-state index in [1.165, 1.54) is 25.7 Å². The van der Waals surface area contributed by atoms with Crippen molar-refractivity contribution in [2.24, 2.45) is 10.4 Å². The minimum absolute atomic E-state index is 0.566. The first-order chi connectivity index (χ1) is 13.2. The van der Waals surface area contributed by atoms with Crippen molar-refractivity contribution < 1.29 is 4.52 Å². The molecule has 1 saturated carbocycles. The summed E-state index contributed by atoms with van der Waals surface area (Å²) >= 11 is 5.92. The number of hydrogen-bond donors (Lipinski definition) is 1. The molecule has 2 aliphatic rings. The lowest BCUT2D eigenvalue weighted by atomic mass is 9.68. The maximum absolute atomic E-state index is 5.92. The van der Waals surface area contributed by atoms with Crippen molar-refractivity contribution in [2.75, 3.05) is 26.2 Å². The van der Waals surface area contributed by atoms with Crippen molar-refractivity contribution in [3.8, 4) is 11.4 Å². The van der Waals surface area contributed by atoms with Gasteiger partial charge in [0, 0.05) is 36.6 Å². The average Bonchev–Trinajstić information content (AvgIpc) is 3.29. The summed E-state index contributed by atoms with van der Waals surface area (Å²) in [6.07, 6.45) is 6.06. The van der Waals surface area contributed by atoms with Gasteiger partial charge >= 0.3 is 0 Å². The Morgan fingerprint density at radius 3 is 2.78 bits per heavy atom. The van der Waals surface area contributed by atoms with E-state index in [1.807, 2.05) is 24.3 Å². The van der Waals surface area contributed by atoms with E-state index in [-0.39, 0.29) is 0 Å². The molecule has 2 heterocycles. The summed E-state index contributed by atoms with van der Waals surface area (Å²) in [6.45, 7) is 5.87. The van der Waals surface area contributed by atoms with Crippen molar-refractivity contribution >= 4 is 17.6 Å². The molecule has 4 rings (SSSR count). The Labute approximate surface area is 165 Å². The van der Waals surface area contributed by atoms with Crippen LogP contribution in [0.5, 0.6) is 0 Å². The number of aromatic nitrogens is 2. The van der Waals surface area contributed by atoms with Gasteiger partial charge in [-0.25, -0.2) is 0 Å². The number of halogens is 1. The first kappa shape index (κ1) is 18.3. The molecule has 6 nitrogen and oxygen atoms in total. The van der Waals surface area contributed by atoms with Gasteiger partial charge in [0.05, 0.1) is 6.54 Å². The summed E-state index contributed by atoms with van der Waals surface area (Å²) in [7, 11) is 0. The summed E-state index contributed by atoms with van der Waals surface area (Å²) in [6, 6.07) is 7.43. The van der Waals surface area contributed by atoms with Gasteiger partial charge in [-0.05, 0) is 55.9 Å². The molecule has 0 amide bonds. The van der Waals surface area contributed by atoms with E-state index in [0.29, 0.717) is 35.1 Å². The van der Waals surface area contributed by atoms with Crippen molar-refractivity contribution in [1.82, 2.24) is 20.4 Å². The molecule has 1 aromatic heterocycles. The Morgan fingerprint density at radius 1 is 1.30 bits per heavy atom. The molecule has 144 valence electrons. The summed E-state index contributed by atoms with van der Waals surface area (Å²) in [5.74, 6) is 2.21. The van der Waals surface area contributed by atoms with Crippen LogP contribution in [0.15, 0.2) is 33.8 Å². The fraction of sp³-hybridized carbons (Fsp3) is 0.550. The van der Waals surface area contributed by atoms with Crippen molar-refractivity contribution in [3.05, 3.63) is 35.2 Å². The number of likely N-dealkylation sites (tertiary alicyclic amines) is 1. The summed E-state index contributed by atoms with van der Waals surface area (Å²) in [4.78, 5) is 11.7. The molecule has 7 heteroatoms. The van der Waals surface area contributed by atoms with Crippen LogP contribution in [0, 0.1) is 5.41 Å². The molecule has 1 aliphatic heterocycles. The lowest BCUT2D eigenvalue weighted by Crippen LogP contribution is -2.42. The van der Waals surface area contributed by atoms with Crippen LogP contribution in [-0.2, 0) is 6.42 Å². The van der Waals surface area contributed by atoms with Crippen LogP contribution in [0.4, 0.5) is 0 Å². The first-order valence-corrected chi connectivity index (χ1v) is 10.2. The lowest BCUT2D eigenvalue weighted by Gasteiger charge is -2.38. The first-order valence-electron chi connectivity index (χ1n) is 9.79. The number of rotatable bonds is 5. The maximum Gasteiger partial charge on any atom is 0.228 e. The third-order valence-corrected chi connectivity index (χ3v) is 5.90. The van der Waals surface area contributed by atoms with Crippen LogP contribution in [0.1, 0.15) is 38.5 Å². The molecule has 1 aromatic carbocycles. The van der Waals surface area contributed by atoms with Gasteiger partial charge in [-0.3, -0.25) is 4.99 Å². The standard InChI is InChI=1S/C20H26ClN5O/c1-2-22-19(26-13-11-20(14-26)9-3-10-20)23-12-8-17-24-18(25-27-17)15-4-6-16(21)7-5-15/h4-7H,2-3,8-14H2,1H3,(H,22,23). The summed E-state index contributed by atoms with van der Waals surface area (Å²) in [5, 5.41) is 8.18. The number of aliphatic imine (C=N–C) groups is 1. The van der Waals surface area contributed by atoms with Crippen molar-refractivity contribution in [1.29, 1.82) is 0 Å². The van der Waals surface area contributed by atoms with Crippen LogP contribution < -0.4 is 5.32 Å². The van der Waals surface area contributed by atoms with Crippen LogP contribution in [0.2, 0.25) is 5.02 Å². The molecule has 27 heavy (non-hydrogen) atoms. The van der Waals surface area contributed by atoms with Crippen molar-refractivity contribution in [3.63, 3.8) is 0 Å². The van der Waals surface area contributed by atoms with Gasteiger partial charge in [0.2, 0.25) is 11.7 Å². The van der Waals surface area contributed by atoms with Gasteiger partial charge < -0.3 is 14.7 Å². The molecular weight excluding hydrogens is 362 g/mol. The average molecular weight is 388 g/mol. The molecular formula is C20H26ClN5O. The smallest absolute Gasteiger partial charge is 0.228 e. The molecule has 0 atom stereocenters. The third-order valence-electron chi connectivity index (χ3n) is 5.64. The molecule has 1 N–H and O–H groups in total.